The molecule has 0 saturated carbocycles. The van der Waals surface area contributed by atoms with Gasteiger partial charge in [-0.15, -0.1) is 0 Å². The lowest BCUT2D eigenvalue weighted by Gasteiger charge is -2.11. The summed E-state index contributed by atoms with van der Waals surface area (Å²) in [7, 11) is 0. The Morgan fingerprint density at radius 3 is 2.59 bits per heavy atom. The third-order valence-electron chi connectivity index (χ3n) is 3.99. The van der Waals surface area contributed by atoms with Crippen LogP contribution in [0.1, 0.15) is 20.7 Å². The number of carbonyl (C=O) groups is 2. The van der Waals surface area contributed by atoms with E-state index in [1.165, 1.54) is 18.6 Å². The summed E-state index contributed by atoms with van der Waals surface area (Å²) >= 11 is 0. The van der Waals surface area contributed by atoms with E-state index in [-0.39, 0.29) is 0 Å². The van der Waals surface area contributed by atoms with Crippen molar-refractivity contribution in [3.8, 4) is 11.3 Å². The van der Waals surface area contributed by atoms with E-state index in [9.17, 15) is 9.59 Å². The molecule has 2 N–H and O–H groups in total. The standard InChI is InChI=1S/C20H14N4O3/c25-19(14-7-9-27-12-14)23-24-20(26)16-10-18(13-4-3-8-21-11-13)22-17-6-2-1-5-15(16)17/h1-12H,(H,23,25)(H,24,26). The van der Waals surface area contributed by atoms with Crippen LogP contribution >= 0.6 is 0 Å². The maximum absolute atomic E-state index is 12.7. The fourth-order valence-electron chi connectivity index (χ4n) is 2.67. The third kappa shape index (κ3) is 3.38. The quantitative estimate of drug-likeness (QED) is 0.549. The first-order valence-corrected chi connectivity index (χ1v) is 8.15. The molecule has 3 aromatic heterocycles. The lowest BCUT2D eigenvalue weighted by atomic mass is 10.0. The molecule has 2 amide bonds. The van der Waals surface area contributed by atoms with Crippen LogP contribution in [0.5, 0.6) is 0 Å². The molecule has 0 aliphatic rings. The smallest absolute Gasteiger partial charge is 0.272 e. The first-order chi connectivity index (χ1) is 13.2. The van der Waals surface area contributed by atoms with Crippen molar-refractivity contribution in [2.45, 2.75) is 0 Å². The molecule has 4 rings (SSSR count). The fraction of sp³-hybridized carbons (Fsp3) is 0. The molecule has 27 heavy (non-hydrogen) atoms. The summed E-state index contributed by atoms with van der Waals surface area (Å²) in [6.45, 7) is 0. The van der Waals surface area contributed by atoms with Gasteiger partial charge in [0.2, 0.25) is 0 Å². The van der Waals surface area contributed by atoms with Crippen LogP contribution in [0.2, 0.25) is 0 Å². The second-order valence-electron chi connectivity index (χ2n) is 5.73. The summed E-state index contributed by atoms with van der Waals surface area (Å²) in [4.78, 5) is 33.4. The van der Waals surface area contributed by atoms with E-state index in [1.54, 1.807) is 24.5 Å². The van der Waals surface area contributed by atoms with Crippen molar-refractivity contribution in [1.29, 1.82) is 0 Å². The van der Waals surface area contributed by atoms with Crippen molar-refractivity contribution < 1.29 is 14.0 Å². The van der Waals surface area contributed by atoms with E-state index in [1.807, 2.05) is 30.3 Å². The lowest BCUT2D eigenvalue weighted by molar-refractivity contribution is 0.0847. The molecule has 0 aliphatic heterocycles. The summed E-state index contributed by atoms with van der Waals surface area (Å²) in [6.07, 6.45) is 6.03. The minimum Gasteiger partial charge on any atom is -0.472 e. The third-order valence-corrected chi connectivity index (χ3v) is 3.99. The van der Waals surface area contributed by atoms with Crippen molar-refractivity contribution in [3.05, 3.63) is 84.6 Å². The van der Waals surface area contributed by atoms with E-state index in [0.29, 0.717) is 27.7 Å². The van der Waals surface area contributed by atoms with Crippen LogP contribution in [0.25, 0.3) is 22.2 Å². The molecule has 3 heterocycles. The number of fused-ring (bicyclic) bond motifs is 1. The zero-order valence-corrected chi connectivity index (χ0v) is 14.0. The monoisotopic (exact) mass is 358 g/mol. The maximum Gasteiger partial charge on any atom is 0.272 e. The molecule has 0 bridgehead atoms. The number of nitrogens with one attached hydrogen (secondary N) is 2. The number of rotatable bonds is 3. The zero-order valence-electron chi connectivity index (χ0n) is 14.0. The van der Waals surface area contributed by atoms with Crippen molar-refractivity contribution in [2.75, 3.05) is 0 Å². The van der Waals surface area contributed by atoms with Crippen molar-refractivity contribution >= 4 is 22.7 Å². The highest BCUT2D eigenvalue weighted by Crippen LogP contribution is 2.24. The predicted octanol–water partition coefficient (Wildman–Crippen LogP) is 2.96. The summed E-state index contributed by atoms with van der Waals surface area (Å²) in [5.74, 6) is -0.918. The van der Waals surface area contributed by atoms with Crippen molar-refractivity contribution in [3.63, 3.8) is 0 Å². The molecule has 0 fully saturated rings. The second-order valence-corrected chi connectivity index (χ2v) is 5.73. The van der Waals surface area contributed by atoms with Crippen molar-refractivity contribution in [1.82, 2.24) is 20.8 Å². The fourth-order valence-corrected chi connectivity index (χ4v) is 2.67. The minimum atomic E-state index is -0.469. The number of hydrogen-bond acceptors (Lipinski definition) is 5. The van der Waals surface area contributed by atoms with Gasteiger partial charge < -0.3 is 4.42 Å². The summed E-state index contributed by atoms with van der Waals surface area (Å²) in [5.41, 5.74) is 7.60. The number of aromatic nitrogens is 2. The van der Waals surface area contributed by atoms with E-state index >= 15 is 0 Å². The van der Waals surface area contributed by atoms with Gasteiger partial charge in [0, 0.05) is 23.3 Å². The van der Waals surface area contributed by atoms with Gasteiger partial charge in [-0.25, -0.2) is 4.98 Å². The van der Waals surface area contributed by atoms with E-state index < -0.39 is 11.8 Å². The number of hydrogen-bond donors (Lipinski definition) is 2. The Balaban J connectivity index is 1.67. The van der Waals surface area contributed by atoms with Crippen LogP contribution < -0.4 is 10.9 Å². The van der Waals surface area contributed by atoms with Crippen molar-refractivity contribution in [2.24, 2.45) is 0 Å². The van der Waals surface area contributed by atoms with E-state index in [2.05, 4.69) is 20.8 Å². The van der Waals surface area contributed by atoms with Gasteiger partial charge >= 0.3 is 0 Å². The first-order valence-electron chi connectivity index (χ1n) is 8.15. The highest BCUT2D eigenvalue weighted by Gasteiger charge is 2.15. The molecule has 1 aromatic carbocycles. The summed E-state index contributed by atoms with van der Waals surface area (Å²) < 4.78 is 4.86. The van der Waals surface area contributed by atoms with Gasteiger partial charge in [0.05, 0.1) is 28.6 Å². The normalized spacial score (nSPS) is 10.5. The van der Waals surface area contributed by atoms with E-state index in [0.717, 1.165) is 5.56 Å². The highest BCUT2D eigenvalue weighted by molar-refractivity contribution is 6.08. The topological polar surface area (TPSA) is 97.1 Å². The predicted molar refractivity (Wildman–Crippen MR) is 98.6 cm³/mol. The van der Waals surface area contributed by atoms with Crippen LogP contribution in [-0.4, -0.2) is 21.8 Å². The van der Waals surface area contributed by atoms with Gasteiger partial charge in [0.15, 0.2) is 0 Å². The molecule has 7 heteroatoms. The van der Waals surface area contributed by atoms with Crippen LogP contribution in [0.3, 0.4) is 0 Å². The Morgan fingerprint density at radius 2 is 1.81 bits per heavy atom. The number of furan rings is 1. The van der Waals surface area contributed by atoms with Gasteiger partial charge in [0.25, 0.3) is 11.8 Å². The van der Waals surface area contributed by atoms with Crippen LogP contribution in [-0.2, 0) is 0 Å². The number of amides is 2. The molecule has 0 aliphatic carbocycles. The Hall–Kier alpha value is -4.00. The number of para-hydroxylation sites is 1. The SMILES string of the molecule is O=C(NNC(=O)c1cc(-c2cccnc2)nc2ccccc12)c1ccoc1. The molecule has 0 spiro atoms. The van der Waals surface area contributed by atoms with Gasteiger partial charge in [-0.1, -0.05) is 18.2 Å². The van der Waals surface area contributed by atoms with Crippen LogP contribution in [0.15, 0.2) is 77.9 Å². The Morgan fingerprint density at radius 1 is 0.963 bits per heavy atom. The molecular formula is C20H14N4O3. The molecule has 4 aromatic rings. The minimum absolute atomic E-state index is 0.311. The van der Waals surface area contributed by atoms with Crippen LogP contribution in [0, 0.1) is 0 Å². The maximum atomic E-state index is 12.7. The Kier molecular flexibility index (Phi) is 4.32. The molecule has 0 atom stereocenters. The molecular weight excluding hydrogens is 344 g/mol. The average molecular weight is 358 g/mol. The first kappa shape index (κ1) is 16.5. The zero-order chi connectivity index (χ0) is 18.6. The Labute approximate surface area is 154 Å². The number of benzene rings is 1. The van der Waals surface area contributed by atoms with Crippen LogP contribution in [0.4, 0.5) is 0 Å². The molecule has 0 unspecified atom stereocenters. The highest BCUT2D eigenvalue weighted by atomic mass is 16.3. The number of carbonyl (C=O) groups excluding carboxylic acids is 2. The number of nitrogens with zero attached hydrogens (tertiary/aromatic N) is 2. The van der Waals surface area contributed by atoms with E-state index in [4.69, 9.17) is 4.42 Å². The van der Waals surface area contributed by atoms with Gasteiger partial charge in [-0.05, 0) is 30.3 Å². The number of pyridine rings is 2. The molecule has 0 saturated heterocycles. The molecule has 0 radical (unpaired) electrons. The lowest BCUT2D eigenvalue weighted by Crippen LogP contribution is -2.41. The molecule has 7 nitrogen and oxygen atoms in total. The Bertz CT molecular complexity index is 1110. The van der Waals surface area contributed by atoms with Gasteiger partial charge in [0.1, 0.15) is 6.26 Å². The summed E-state index contributed by atoms with van der Waals surface area (Å²) in [5, 5.41) is 0.681. The second kappa shape index (κ2) is 7.09. The summed E-state index contributed by atoms with van der Waals surface area (Å²) in [6, 6.07) is 14.2. The average Bonchev–Trinajstić information content (AvgIpc) is 3.26. The number of hydrazine groups is 1. The molecule has 132 valence electrons. The largest absolute Gasteiger partial charge is 0.472 e. The van der Waals surface area contributed by atoms with Gasteiger partial charge in [-0.3, -0.25) is 25.4 Å². The van der Waals surface area contributed by atoms with Gasteiger partial charge in [-0.2, -0.15) is 0 Å².